The molecule has 11 rings (SSSR count). The fourth-order valence-electron chi connectivity index (χ4n) is 10.7. The average molecular weight is 830 g/mol. The van der Waals surface area contributed by atoms with Gasteiger partial charge in [-0.15, -0.1) is 0 Å². The van der Waals surface area contributed by atoms with Crippen molar-refractivity contribution in [3.05, 3.63) is 213 Å². The number of halogens is 2. The topological polar surface area (TPSA) is 6.48 Å². The smallest absolute Gasteiger partial charge is 0.0465 e. The van der Waals surface area contributed by atoms with Crippen molar-refractivity contribution < 1.29 is 0 Å². The van der Waals surface area contributed by atoms with Crippen molar-refractivity contribution in [3.8, 4) is 33.4 Å². The normalized spacial score (nSPS) is 15.3. The van der Waals surface area contributed by atoms with E-state index in [9.17, 15) is 0 Å². The zero-order valence-corrected chi connectivity index (χ0v) is 36.8. The van der Waals surface area contributed by atoms with E-state index in [0.717, 1.165) is 44.2 Å². The zero-order valence-electron chi connectivity index (χ0n) is 35.3. The predicted molar refractivity (Wildman–Crippen MR) is 259 cm³/mol. The molecule has 0 amide bonds. The highest BCUT2D eigenvalue weighted by Crippen LogP contribution is 2.56. The average Bonchev–Trinajstić information content (AvgIpc) is 3.73. The van der Waals surface area contributed by atoms with Gasteiger partial charge in [0.15, 0.2) is 0 Å². The first-order valence-electron chi connectivity index (χ1n) is 21.2. The predicted octanol–water partition coefficient (Wildman–Crippen LogP) is 16.9. The van der Waals surface area contributed by atoms with E-state index in [2.05, 4.69) is 209 Å². The van der Waals surface area contributed by atoms with Crippen LogP contribution in [-0.2, 0) is 16.2 Å². The van der Waals surface area contributed by atoms with Crippen molar-refractivity contribution in [2.24, 2.45) is 0 Å². The number of hydrogen-bond donors (Lipinski definition) is 0. The molecule has 0 heterocycles. The molecule has 0 unspecified atom stereocenters. The first-order chi connectivity index (χ1) is 29.3. The van der Waals surface area contributed by atoms with Crippen LogP contribution in [0.5, 0.6) is 0 Å². The van der Waals surface area contributed by atoms with Crippen LogP contribution in [0.25, 0.3) is 33.4 Å². The number of hydrogen-bond acceptors (Lipinski definition) is 2. The molecule has 0 fully saturated rings. The highest BCUT2D eigenvalue weighted by atomic mass is 35.5. The Balaban J connectivity index is 1.00. The quantitative estimate of drug-likeness (QED) is 0.165. The van der Waals surface area contributed by atoms with Gasteiger partial charge in [-0.25, -0.2) is 0 Å². The van der Waals surface area contributed by atoms with E-state index in [4.69, 9.17) is 23.2 Å². The summed E-state index contributed by atoms with van der Waals surface area (Å²) in [4.78, 5) is 4.83. The summed E-state index contributed by atoms with van der Waals surface area (Å²) in [6.07, 6.45) is 0. The Morgan fingerprint density at radius 2 is 0.525 bits per heavy atom. The zero-order chi connectivity index (χ0) is 42.0. The molecule has 298 valence electrons. The Morgan fingerprint density at radius 1 is 0.279 bits per heavy atom. The summed E-state index contributed by atoms with van der Waals surface area (Å²) >= 11 is 13.1. The van der Waals surface area contributed by atoms with Crippen molar-refractivity contribution in [3.63, 3.8) is 0 Å². The summed E-state index contributed by atoms with van der Waals surface area (Å²) in [6, 6.07) is 62.2. The van der Waals surface area contributed by atoms with Gasteiger partial charge >= 0.3 is 0 Å². The van der Waals surface area contributed by atoms with Crippen molar-refractivity contribution in [1.82, 2.24) is 0 Å². The molecule has 3 aliphatic rings. The molecule has 0 aliphatic heterocycles. The van der Waals surface area contributed by atoms with Crippen LogP contribution < -0.4 is 9.80 Å². The van der Waals surface area contributed by atoms with Gasteiger partial charge in [-0.05, 0) is 164 Å². The summed E-state index contributed by atoms with van der Waals surface area (Å²) in [7, 11) is 0. The molecule has 8 aromatic carbocycles. The van der Waals surface area contributed by atoms with E-state index < -0.39 is 0 Å². The van der Waals surface area contributed by atoms with Crippen LogP contribution >= 0.6 is 23.2 Å². The fraction of sp³-hybridized carbons (Fsp3) is 0.158. The van der Waals surface area contributed by atoms with Gasteiger partial charge in [-0.3, -0.25) is 0 Å². The van der Waals surface area contributed by atoms with Crippen molar-refractivity contribution >= 4 is 57.3 Å². The van der Waals surface area contributed by atoms with Crippen LogP contribution in [0.2, 0.25) is 10.0 Å². The van der Waals surface area contributed by atoms with Gasteiger partial charge in [0.1, 0.15) is 0 Å². The van der Waals surface area contributed by atoms with E-state index in [1.165, 1.54) is 66.8 Å². The van der Waals surface area contributed by atoms with Crippen LogP contribution in [-0.4, -0.2) is 0 Å². The van der Waals surface area contributed by atoms with Gasteiger partial charge in [-0.1, -0.05) is 138 Å². The highest BCUT2D eigenvalue weighted by molar-refractivity contribution is 6.31. The molecule has 0 radical (unpaired) electrons. The lowest BCUT2D eigenvalue weighted by Crippen LogP contribution is -2.18. The number of nitrogens with zero attached hydrogens (tertiary/aromatic N) is 2. The molecule has 0 bridgehead atoms. The molecular weight excluding hydrogens is 784 g/mol. The fourth-order valence-corrected chi connectivity index (χ4v) is 11.1. The van der Waals surface area contributed by atoms with Crippen molar-refractivity contribution in [2.45, 2.75) is 57.8 Å². The number of anilines is 6. The van der Waals surface area contributed by atoms with Gasteiger partial charge < -0.3 is 9.80 Å². The molecule has 0 saturated carbocycles. The van der Waals surface area contributed by atoms with Crippen LogP contribution in [0.1, 0.15) is 74.9 Å². The minimum Gasteiger partial charge on any atom is -0.310 e. The lowest BCUT2D eigenvalue weighted by Gasteiger charge is -2.30. The molecule has 2 nitrogen and oxygen atoms in total. The molecule has 3 aliphatic carbocycles. The largest absolute Gasteiger partial charge is 0.310 e. The van der Waals surface area contributed by atoms with E-state index >= 15 is 0 Å². The van der Waals surface area contributed by atoms with Crippen LogP contribution in [0.15, 0.2) is 170 Å². The maximum absolute atomic E-state index is 6.55. The third kappa shape index (κ3) is 5.69. The molecule has 0 atom stereocenters. The molecule has 0 N–H and O–H groups in total. The summed E-state index contributed by atoms with van der Waals surface area (Å²) in [5.41, 5.74) is 21.6. The third-order valence-electron chi connectivity index (χ3n) is 13.9. The summed E-state index contributed by atoms with van der Waals surface area (Å²) < 4.78 is 0. The maximum atomic E-state index is 6.55. The van der Waals surface area contributed by atoms with E-state index in [-0.39, 0.29) is 16.2 Å². The molecule has 4 heteroatoms. The monoisotopic (exact) mass is 828 g/mol. The summed E-state index contributed by atoms with van der Waals surface area (Å²) in [5.74, 6) is 0. The summed E-state index contributed by atoms with van der Waals surface area (Å²) in [5, 5.41) is 1.55. The molecule has 8 aromatic rings. The number of benzene rings is 8. The Kier molecular flexibility index (Phi) is 8.37. The van der Waals surface area contributed by atoms with Crippen molar-refractivity contribution in [1.29, 1.82) is 0 Å². The lowest BCUT2D eigenvalue weighted by atomic mass is 9.81. The minimum absolute atomic E-state index is 0.184. The second-order valence-corrected chi connectivity index (χ2v) is 19.4. The standard InChI is InChI=1S/C57H46Cl2N2/c1-55(2)49-29-35(58)17-23-43(49)45-25-19-39(31-51(45)55)60(37-13-9-7-10-14-37)41-21-27-47-48-28-22-42(34-54(48)57(5,6)53(47)33-41)61(38-15-11-8-12-16-38)40-20-26-46-44-24-18-36(59)30-50(44)56(3,4)52(46)32-40/h7-34H,1-6H3. The molecule has 0 saturated heterocycles. The SMILES string of the molecule is CC1(C)c2cc(Cl)ccc2-c2ccc(N(c3ccccc3)c3ccc4c(c3)C(C)(C)c3cc(N(c5ccccc5)c5ccc6c(c5)C(C)(C)c5cc(Cl)ccc5-6)ccc3-4)cc21. The Hall–Kier alpha value is -6.06. The maximum Gasteiger partial charge on any atom is 0.0465 e. The van der Waals surface area contributed by atoms with Gasteiger partial charge in [0.2, 0.25) is 0 Å². The third-order valence-corrected chi connectivity index (χ3v) is 14.4. The number of rotatable bonds is 6. The van der Waals surface area contributed by atoms with E-state index in [0.29, 0.717) is 0 Å². The van der Waals surface area contributed by atoms with E-state index in [1.807, 2.05) is 12.1 Å². The van der Waals surface area contributed by atoms with Gasteiger partial charge in [0.25, 0.3) is 0 Å². The highest BCUT2D eigenvalue weighted by Gasteiger charge is 2.40. The molecule has 61 heavy (non-hydrogen) atoms. The Labute approximate surface area is 369 Å². The van der Waals surface area contributed by atoms with Gasteiger partial charge in [0, 0.05) is 60.4 Å². The lowest BCUT2D eigenvalue weighted by molar-refractivity contribution is 0.660. The minimum atomic E-state index is -0.261. The Morgan fingerprint density at radius 3 is 0.803 bits per heavy atom. The van der Waals surface area contributed by atoms with Crippen LogP contribution in [0.4, 0.5) is 34.1 Å². The van der Waals surface area contributed by atoms with Gasteiger partial charge in [-0.2, -0.15) is 0 Å². The molecule has 0 spiro atoms. The van der Waals surface area contributed by atoms with E-state index in [1.54, 1.807) is 0 Å². The summed E-state index contributed by atoms with van der Waals surface area (Å²) in [6.45, 7) is 14.0. The number of para-hydroxylation sites is 2. The molecule has 0 aromatic heterocycles. The molecular formula is C57H46Cl2N2. The first kappa shape index (κ1) is 37.9. The Bertz CT molecular complexity index is 2880. The second kappa shape index (κ2) is 13.5. The van der Waals surface area contributed by atoms with Crippen LogP contribution in [0.3, 0.4) is 0 Å². The first-order valence-corrected chi connectivity index (χ1v) is 22.0. The van der Waals surface area contributed by atoms with Gasteiger partial charge in [0.05, 0.1) is 0 Å². The second-order valence-electron chi connectivity index (χ2n) is 18.5. The van der Waals surface area contributed by atoms with Crippen molar-refractivity contribution in [2.75, 3.05) is 9.80 Å². The number of fused-ring (bicyclic) bond motifs is 9. The van der Waals surface area contributed by atoms with Crippen LogP contribution in [0, 0.1) is 0 Å².